The lowest BCUT2D eigenvalue weighted by atomic mass is 10.2. The van der Waals surface area contributed by atoms with E-state index in [1.807, 2.05) is 24.3 Å². The van der Waals surface area contributed by atoms with Crippen molar-refractivity contribution in [3.05, 3.63) is 48.5 Å². The SMILES string of the molecule is CCN1CC(OCCCOc2ccc3c(c2)N(S(=O)(=O)c2ccccc2)CCS3)C1. The molecule has 2 aliphatic heterocycles. The minimum Gasteiger partial charge on any atom is -0.493 e. The molecule has 2 aromatic carbocycles. The Hall–Kier alpha value is -1.74. The average molecular weight is 449 g/mol. The minimum atomic E-state index is -3.59. The average Bonchev–Trinajstić information content (AvgIpc) is 2.74. The van der Waals surface area contributed by atoms with Gasteiger partial charge in [0.15, 0.2) is 0 Å². The molecule has 0 bridgehead atoms. The van der Waals surface area contributed by atoms with Crippen molar-refractivity contribution in [2.75, 3.05) is 49.5 Å². The van der Waals surface area contributed by atoms with Gasteiger partial charge in [-0.05, 0) is 30.8 Å². The highest BCUT2D eigenvalue weighted by molar-refractivity contribution is 8.00. The van der Waals surface area contributed by atoms with Crippen molar-refractivity contribution in [3.8, 4) is 5.75 Å². The first-order valence-corrected chi connectivity index (χ1v) is 12.8. The normalized spacial score (nSPS) is 17.4. The molecule has 0 amide bonds. The molecule has 0 saturated carbocycles. The molecule has 0 aliphatic carbocycles. The third kappa shape index (κ3) is 4.77. The Morgan fingerprint density at radius 1 is 1.10 bits per heavy atom. The van der Waals surface area contributed by atoms with E-state index in [4.69, 9.17) is 9.47 Å². The van der Waals surface area contributed by atoms with Gasteiger partial charge in [-0.1, -0.05) is 25.1 Å². The Morgan fingerprint density at radius 2 is 1.90 bits per heavy atom. The van der Waals surface area contributed by atoms with Crippen LogP contribution in [0.5, 0.6) is 5.75 Å². The highest BCUT2D eigenvalue weighted by atomic mass is 32.2. The van der Waals surface area contributed by atoms with Crippen LogP contribution >= 0.6 is 11.8 Å². The zero-order valence-corrected chi connectivity index (χ0v) is 18.8. The summed E-state index contributed by atoms with van der Waals surface area (Å²) >= 11 is 1.67. The van der Waals surface area contributed by atoms with Gasteiger partial charge < -0.3 is 9.47 Å². The van der Waals surface area contributed by atoms with E-state index < -0.39 is 10.0 Å². The Labute approximate surface area is 183 Å². The molecule has 1 saturated heterocycles. The van der Waals surface area contributed by atoms with Gasteiger partial charge in [-0.25, -0.2) is 8.42 Å². The third-order valence-corrected chi connectivity index (χ3v) is 8.23. The lowest BCUT2D eigenvalue weighted by Crippen LogP contribution is -2.51. The van der Waals surface area contributed by atoms with E-state index in [9.17, 15) is 8.42 Å². The molecule has 2 aliphatic rings. The molecule has 0 unspecified atom stereocenters. The number of likely N-dealkylation sites (tertiary alicyclic amines) is 1. The molecule has 0 N–H and O–H groups in total. The highest BCUT2D eigenvalue weighted by Gasteiger charge is 2.30. The van der Waals surface area contributed by atoms with Gasteiger partial charge in [-0.2, -0.15) is 0 Å². The first-order valence-electron chi connectivity index (χ1n) is 10.4. The summed E-state index contributed by atoms with van der Waals surface area (Å²) in [6, 6.07) is 14.3. The van der Waals surface area contributed by atoms with Crippen molar-refractivity contribution in [2.24, 2.45) is 0 Å². The molecule has 0 spiro atoms. The van der Waals surface area contributed by atoms with Crippen LogP contribution < -0.4 is 9.04 Å². The second-order valence-corrected chi connectivity index (χ2v) is 10.4. The van der Waals surface area contributed by atoms with Crippen LogP contribution in [0.4, 0.5) is 5.69 Å². The van der Waals surface area contributed by atoms with E-state index >= 15 is 0 Å². The summed E-state index contributed by atoms with van der Waals surface area (Å²) in [5.41, 5.74) is 0.693. The minimum absolute atomic E-state index is 0.309. The van der Waals surface area contributed by atoms with Gasteiger partial charge in [-0.3, -0.25) is 9.21 Å². The van der Waals surface area contributed by atoms with Crippen molar-refractivity contribution >= 4 is 27.5 Å². The topological polar surface area (TPSA) is 59.1 Å². The van der Waals surface area contributed by atoms with Crippen LogP contribution in [-0.2, 0) is 14.8 Å². The van der Waals surface area contributed by atoms with Crippen LogP contribution in [0, 0.1) is 0 Å². The molecule has 8 heteroatoms. The molecule has 0 atom stereocenters. The quantitative estimate of drug-likeness (QED) is 0.548. The summed E-state index contributed by atoms with van der Waals surface area (Å²) in [6.07, 6.45) is 1.16. The number of fused-ring (bicyclic) bond motifs is 1. The van der Waals surface area contributed by atoms with Crippen LogP contribution in [-0.4, -0.2) is 64.6 Å². The standard InChI is InChI=1S/C22H28N2O4S2/c1-2-23-16-19(17-23)28-13-6-12-27-18-9-10-22-21(15-18)24(11-14-29-22)30(25,26)20-7-4-3-5-8-20/h3-5,7-10,15,19H,2,6,11-14,16-17H2,1H3. The number of likely N-dealkylation sites (N-methyl/N-ethyl adjacent to an activating group) is 1. The zero-order valence-electron chi connectivity index (χ0n) is 17.2. The molecular formula is C22H28N2O4S2. The molecule has 162 valence electrons. The fourth-order valence-corrected chi connectivity index (χ4v) is 6.26. The summed E-state index contributed by atoms with van der Waals surface area (Å²) in [4.78, 5) is 3.62. The van der Waals surface area contributed by atoms with Gasteiger partial charge in [0.1, 0.15) is 5.75 Å². The van der Waals surface area contributed by atoms with Gasteiger partial charge in [0.05, 0.1) is 29.9 Å². The van der Waals surface area contributed by atoms with E-state index in [0.29, 0.717) is 42.2 Å². The number of rotatable bonds is 9. The summed E-state index contributed by atoms with van der Waals surface area (Å²) in [7, 11) is -3.59. The molecule has 2 aromatic rings. The zero-order chi connectivity index (χ0) is 21.0. The number of ether oxygens (including phenoxy) is 2. The number of anilines is 1. The number of benzene rings is 2. The first-order chi connectivity index (χ1) is 14.6. The summed E-state index contributed by atoms with van der Waals surface area (Å²) in [6.45, 7) is 6.95. The van der Waals surface area contributed by atoms with Gasteiger partial charge >= 0.3 is 0 Å². The Morgan fingerprint density at radius 3 is 2.67 bits per heavy atom. The van der Waals surface area contributed by atoms with Crippen LogP contribution in [0.25, 0.3) is 0 Å². The van der Waals surface area contributed by atoms with Crippen molar-refractivity contribution in [2.45, 2.75) is 29.2 Å². The fraction of sp³-hybridized carbons (Fsp3) is 0.455. The van der Waals surface area contributed by atoms with Crippen molar-refractivity contribution < 1.29 is 17.9 Å². The Bertz CT molecular complexity index is 947. The van der Waals surface area contributed by atoms with E-state index in [0.717, 1.165) is 36.7 Å². The molecule has 0 radical (unpaired) electrons. The van der Waals surface area contributed by atoms with Gasteiger partial charge in [-0.15, -0.1) is 11.8 Å². The third-order valence-electron chi connectivity index (χ3n) is 5.36. The molecular weight excluding hydrogens is 420 g/mol. The summed E-state index contributed by atoms with van der Waals surface area (Å²) < 4.78 is 39.5. The van der Waals surface area contributed by atoms with E-state index in [-0.39, 0.29) is 0 Å². The Balaban J connectivity index is 1.36. The smallest absolute Gasteiger partial charge is 0.264 e. The molecule has 2 heterocycles. The largest absolute Gasteiger partial charge is 0.493 e. The predicted octanol–water partition coefficient (Wildman–Crippen LogP) is 3.48. The molecule has 1 fully saturated rings. The van der Waals surface area contributed by atoms with E-state index in [1.54, 1.807) is 36.0 Å². The number of hydrogen-bond donors (Lipinski definition) is 0. The maximum absolute atomic E-state index is 13.2. The summed E-state index contributed by atoms with van der Waals surface area (Å²) in [5, 5.41) is 0. The van der Waals surface area contributed by atoms with Crippen LogP contribution in [0.15, 0.2) is 58.3 Å². The molecule has 0 aromatic heterocycles. The second kappa shape index (κ2) is 9.60. The monoisotopic (exact) mass is 448 g/mol. The highest BCUT2D eigenvalue weighted by Crippen LogP contribution is 2.39. The maximum atomic E-state index is 13.2. The van der Waals surface area contributed by atoms with Gasteiger partial charge in [0.25, 0.3) is 10.0 Å². The molecule has 4 rings (SSSR count). The number of sulfonamides is 1. The fourth-order valence-electron chi connectivity index (χ4n) is 3.62. The van der Waals surface area contributed by atoms with E-state index in [1.165, 1.54) is 4.31 Å². The number of thioether (sulfide) groups is 1. The first kappa shape index (κ1) is 21.5. The van der Waals surface area contributed by atoms with Gasteiger partial charge in [0.2, 0.25) is 0 Å². The molecule has 30 heavy (non-hydrogen) atoms. The lowest BCUT2D eigenvalue weighted by Gasteiger charge is -2.38. The second-order valence-electron chi connectivity index (χ2n) is 7.42. The van der Waals surface area contributed by atoms with Crippen LogP contribution in [0.1, 0.15) is 13.3 Å². The maximum Gasteiger partial charge on any atom is 0.264 e. The summed E-state index contributed by atoms with van der Waals surface area (Å²) in [5.74, 6) is 1.41. The van der Waals surface area contributed by atoms with Gasteiger partial charge in [0, 0.05) is 42.8 Å². The lowest BCUT2D eigenvalue weighted by molar-refractivity contribution is -0.0544. The van der Waals surface area contributed by atoms with Crippen LogP contribution in [0.2, 0.25) is 0 Å². The van der Waals surface area contributed by atoms with Crippen molar-refractivity contribution in [3.63, 3.8) is 0 Å². The Kier molecular flexibility index (Phi) is 6.87. The van der Waals surface area contributed by atoms with Crippen molar-refractivity contribution in [1.82, 2.24) is 4.90 Å². The van der Waals surface area contributed by atoms with E-state index in [2.05, 4.69) is 11.8 Å². The van der Waals surface area contributed by atoms with Crippen molar-refractivity contribution in [1.29, 1.82) is 0 Å². The molecule has 6 nitrogen and oxygen atoms in total. The predicted molar refractivity (Wildman–Crippen MR) is 120 cm³/mol. The number of hydrogen-bond acceptors (Lipinski definition) is 6. The van der Waals surface area contributed by atoms with Crippen LogP contribution in [0.3, 0.4) is 0 Å². The number of nitrogens with zero attached hydrogens (tertiary/aromatic N) is 2.